The van der Waals surface area contributed by atoms with E-state index in [-0.39, 0.29) is 11.3 Å². The monoisotopic (exact) mass is 395 g/mol. The maximum absolute atomic E-state index is 14.2. The van der Waals surface area contributed by atoms with E-state index in [9.17, 15) is 21.8 Å². The molecule has 1 aromatic heterocycles. The molecule has 27 heavy (non-hydrogen) atoms. The van der Waals surface area contributed by atoms with E-state index in [1.54, 1.807) is 12.1 Å². The van der Waals surface area contributed by atoms with Crippen molar-refractivity contribution in [1.82, 2.24) is 4.98 Å². The molecule has 1 unspecified atom stereocenters. The van der Waals surface area contributed by atoms with Gasteiger partial charge in [0.1, 0.15) is 5.82 Å². The highest BCUT2D eigenvalue weighted by Gasteiger charge is 2.30. The standard InChI is InChI=1S/C19H13F4NO2S/c20-18-9-13(4-5-14(18)11-27(25)26)17-10-24-7-6-16(17)12-2-1-3-15(8-12)19(21,22)23/h1-10H,11H2,(H,25,26). The highest BCUT2D eigenvalue weighted by molar-refractivity contribution is 7.78. The Hall–Kier alpha value is -2.58. The van der Waals surface area contributed by atoms with Crippen molar-refractivity contribution >= 4 is 11.1 Å². The van der Waals surface area contributed by atoms with E-state index in [4.69, 9.17) is 4.55 Å². The SMILES string of the molecule is O=S(O)Cc1ccc(-c2cnccc2-c2cccc(C(F)(F)F)c2)cc1F. The summed E-state index contributed by atoms with van der Waals surface area (Å²) >= 11 is -2.18. The van der Waals surface area contributed by atoms with E-state index >= 15 is 0 Å². The van der Waals surface area contributed by atoms with Crippen LogP contribution >= 0.6 is 0 Å². The summed E-state index contributed by atoms with van der Waals surface area (Å²) in [5, 5.41) is 0. The van der Waals surface area contributed by atoms with Crippen molar-refractivity contribution in [2.24, 2.45) is 0 Å². The van der Waals surface area contributed by atoms with Gasteiger partial charge in [-0.3, -0.25) is 4.98 Å². The molecule has 0 spiro atoms. The molecule has 0 bridgehead atoms. The molecular weight excluding hydrogens is 382 g/mol. The molecule has 0 fully saturated rings. The number of rotatable bonds is 4. The maximum atomic E-state index is 14.2. The van der Waals surface area contributed by atoms with Crippen LogP contribution in [0.4, 0.5) is 17.6 Å². The largest absolute Gasteiger partial charge is 0.416 e. The first-order valence-corrected chi connectivity index (χ1v) is 9.01. The van der Waals surface area contributed by atoms with Gasteiger partial charge in [-0.25, -0.2) is 8.60 Å². The van der Waals surface area contributed by atoms with Crippen LogP contribution in [0.15, 0.2) is 60.9 Å². The second-order valence-corrected chi connectivity index (χ2v) is 6.70. The number of benzene rings is 2. The van der Waals surface area contributed by atoms with E-state index < -0.39 is 28.6 Å². The van der Waals surface area contributed by atoms with Gasteiger partial charge in [0.2, 0.25) is 0 Å². The topological polar surface area (TPSA) is 50.2 Å². The van der Waals surface area contributed by atoms with Crippen molar-refractivity contribution in [3.05, 3.63) is 77.9 Å². The lowest BCUT2D eigenvalue weighted by molar-refractivity contribution is -0.137. The number of pyridine rings is 1. The van der Waals surface area contributed by atoms with Gasteiger partial charge in [-0.05, 0) is 41.0 Å². The van der Waals surface area contributed by atoms with Gasteiger partial charge in [0.05, 0.1) is 11.3 Å². The predicted molar refractivity (Wildman–Crippen MR) is 94.5 cm³/mol. The van der Waals surface area contributed by atoms with Crippen LogP contribution in [0.25, 0.3) is 22.3 Å². The third kappa shape index (κ3) is 4.40. The summed E-state index contributed by atoms with van der Waals surface area (Å²) in [7, 11) is 0. The van der Waals surface area contributed by atoms with E-state index in [1.165, 1.54) is 36.7 Å². The minimum absolute atomic E-state index is 0.0732. The first-order chi connectivity index (χ1) is 12.8. The molecule has 3 nitrogen and oxygen atoms in total. The van der Waals surface area contributed by atoms with Gasteiger partial charge >= 0.3 is 6.18 Å². The zero-order valence-electron chi connectivity index (χ0n) is 13.7. The Labute approximate surface area is 155 Å². The maximum Gasteiger partial charge on any atom is 0.416 e. The van der Waals surface area contributed by atoms with Gasteiger partial charge in [0.15, 0.2) is 11.1 Å². The minimum Gasteiger partial charge on any atom is -0.306 e. The van der Waals surface area contributed by atoms with Crippen LogP contribution in [-0.4, -0.2) is 13.7 Å². The average molecular weight is 395 g/mol. The van der Waals surface area contributed by atoms with E-state index in [0.29, 0.717) is 22.3 Å². The van der Waals surface area contributed by atoms with Gasteiger partial charge in [0, 0.05) is 23.5 Å². The Morgan fingerprint density at radius 3 is 2.41 bits per heavy atom. The van der Waals surface area contributed by atoms with E-state index in [2.05, 4.69) is 4.98 Å². The Balaban J connectivity index is 2.08. The highest BCUT2D eigenvalue weighted by atomic mass is 32.2. The molecule has 0 amide bonds. The summed E-state index contributed by atoms with van der Waals surface area (Å²) in [6.45, 7) is 0. The number of hydrogen-bond donors (Lipinski definition) is 1. The highest BCUT2D eigenvalue weighted by Crippen LogP contribution is 2.36. The molecule has 3 rings (SSSR count). The third-order valence-corrected chi connectivity index (χ3v) is 4.52. The van der Waals surface area contributed by atoms with Crippen molar-refractivity contribution in [2.45, 2.75) is 11.9 Å². The first-order valence-electron chi connectivity index (χ1n) is 7.73. The fourth-order valence-electron chi connectivity index (χ4n) is 2.70. The van der Waals surface area contributed by atoms with E-state index in [1.807, 2.05) is 0 Å². The smallest absolute Gasteiger partial charge is 0.306 e. The molecule has 0 saturated heterocycles. The molecular formula is C19H13F4NO2S. The zero-order chi connectivity index (χ0) is 19.6. The van der Waals surface area contributed by atoms with Crippen LogP contribution in [0.5, 0.6) is 0 Å². The van der Waals surface area contributed by atoms with E-state index in [0.717, 1.165) is 12.1 Å². The van der Waals surface area contributed by atoms with Crippen LogP contribution in [0.2, 0.25) is 0 Å². The van der Waals surface area contributed by atoms with Crippen molar-refractivity contribution < 1.29 is 26.3 Å². The Kier molecular flexibility index (Phi) is 5.38. The van der Waals surface area contributed by atoms with Crippen LogP contribution < -0.4 is 0 Å². The van der Waals surface area contributed by atoms with Gasteiger partial charge in [-0.2, -0.15) is 13.2 Å². The molecule has 140 valence electrons. The fourth-order valence-corrected chi connectivity index (χ4v) is 3.20. The number of nitrogens with zero attached hydrogens (tertiary/aromatic N) is 1. The Morgan fingerprint density at radius 1 is 1.00 bits per heavy atom. The molecule has 2 aromatic carbocycles. The summed E-state index contributed by atoms with van der Waals surface area (Å²) in [5.74, 6) is -1.02. The summed E-state index contributed by atoms with van der Waals surface area (Å²) in [4.78, 5) is 3.99. The quantitative estimate of drug-likeness (QED) is 0.482. The zero-order valence-corrected chi connectivity index (χ0v) is 14.5. The Bertz CT molecular complexity index is 1000. The van der Waals surface area contributed by atoms with Gasteiger partial charge in [0.25, 0.3) is 0 Å². The minimum atomic E-state index is -4.48. The molecule has 0 aliphatic heterocycles. The van der Waals surface area contributed by atoms with Crippen LogP contribution in [0.3, 0.4) is 0 Å². The van der Waals surface area contributed by atoms with Gasteiger partial charge < -0.3 is 4.55 Å². The summed E-state index contributed by atoms with van der Waals surface area (Å²) < 4.78 is 73.0. The van der Waals surface area contributed by atoms with Gasteiger partial charge in [-0.1, -0.05) is 24.3 Å². The molecule has 0 aliphatic carbocycles. The normalized spacial score (nSPS) is 12.8. The Morgan fingerprint density at radius 2 is 1.74 bits per heavy atom. The van der Waals surface area contributed by atoms with Crippen LogP contribution in [0.1, 0.15) is 11.1 Å². The van der Waals surface area contributed by atoms with Crippen LogP contribution in [-0.2, 0) is 23.0 Å². The van der Waals surface area contributed by atoms with Crippen molar-refractivity contribution in [3.8, 4) is 22.3 Å². The molecule has 8 heteroatoms. The lowest BCUT2D eigenvalue weighted by Crippen LogP contribution is -2.04. The number of halogens is 4. The lowest BCUT2D eigenvalue weighted by Gasteiger charge is -2.13. The fraction of sp³-hybridized carbons (Fsp3) is 0.105. The third-order valence-electron chi connectivity index (χ3n) is 3.97. The molecule has 0 aliphatic rings. The molecule has 1 atom stereocenters. The second-order valence-electron chi connectivity index (χ2n) is 5.77. The lowest BCUT2D eigenvalue weighted by atomic mass is 9.95. The summed E-state index contributed by atoms with van der Waals surface area (Å²) in [6.07, 6.45) is -1.59. The van der Waals surface area contributed by atoms with Crippen molar-refractivity contribution in [1.29, 1.82) is 0 Å². The molecule has 1 heterocycles. The molecule has 0 radical (unpaired) electrons. The predicted octanol–water partition coefficient (Wildman–Crippen LogP) is 5.30. The van der Waals surface area contributed by atoms with Crippen molar-refractivity contribution in [3.63, 3.8) is 0 Å². The first kappa shape index (κ1) is 19.2. The van der Waals surface area contributed by atoms with Gasteiger partial charge in [-0.15, -0.1) is 0 Å². The average Bonchev–Trinajstić information content (AvgIpc) is 2.62. The summed E-state index contributed by atoms with van der Waals surface area (Å²) in [6, 6.07) is 10.5. The number of aromatic nitrogens is 1. The molecule has 1 N–H and O–H groups in total. The number of alkyl halides is 3. The van der Waals surface area contributed by atoms with Crippen LogP contribution in [0, 0.1) is 5.82 Å². The molecule has 3 aromatic rings. The number of hydrogen-bond acceptors (Lipinski definition) is 2. The second kappa shape index (κ2) is 7.58. The molecule has 0 saturated carbocycles. The van der Waals surface area contributed by atoms with Crippen molar-refractivity contribution in [2.75, 3.05) is 0 Å². The summed E-state index contributed by atoms with van der Waals surface area (Å²) in [5.41, 5.74) is 0.934.